The summed E-state index contributed by atoms with van der Waals surface area (Å²) >= 11 is 0. The summed E-state index contributed by atoms with van der Waals surface area (Å²) in [5.41, 5.74) is 7.64. The summed E-state index contributed by atoms with van der Waals surface area (Å²) in [5, 5.41) is 5.20. The zero-order valence-electron chi connectivity index (χ0n) is 10.8. The molecule has 5 nitrogen and oxygen atoms in total. The van der Waals surface area contributed by atoms with Gasteiger partial charge in [0.15, 0.2) is 0 Å². The van der Waals surface area contributed by atoms with Crippen LogP contribution in [0.4, 0.5) is 0 Å². The lowest BCUT2D eigenvalue weighted by Crippen LogP contribution is -2.00. The highest BCUT2D eigenvalue weighted by Gasteiger charge is 2.13. The maximum absolute atomic E-state index is 5.48. The molecule has 3 aromatic rings. The van der Waals surface area contributed by atoms with Crippen LogP contribution in [0.5, 0.6) is 0 Å². The quantitative estimate of drug-likeness (QED) is 0.776. The van der Waals surface area contributed by atoms with Gasteiger partial charge in [-0.2, -0.15) is 4.98 Å². The fourth-order valence-electron chi connectivity index (χ4n) is 2.24. The maximum atomic E-state index is 5.48. The molecular weight excluding hydrogens is 240 g/mol. The standard InChI is InChI=1S/C14H16N4O/c1-18-9-11(10-5-2-3-6-12(10)18)14-16-13(19-17-14)7-4-8-15/h2-3,5-6,9H,4,7-8,15H2,1H3. The minimum Gasteiger partial charge on any atom is -0.350 e. The molecule has 0 aliphatic rings. The van der Waals surface area contributed by atoms with Crippen LogP contribution in [0.1, 0.15) is 12.3 Å². The van der Waals surface area contributed by atoms with Crippen molar-refractivity contribution in [2.45, 2.75) is 12.8 Å². The Balaban J connectivity index is 2.02. The van der Waals surface area contributed by atoms with E-state index in [0.29, 0.717) is 18.3 Å². The Morgan fingerprint density at radius 1 is 1.32 bits per heavy atom. The van der Waals surface area contributed by atoms with E-state index in [1.165, 1.54) is 0 Å². The number of fused-ring (bicyclic) bond motifs is 1. The number of hydrogen-bond acceptors (Lipinski definition) is 4. The highest BCUT2D eigenvalue weighted by molar-refractivity contribution is 5.94. The molecular formula is C14H16N4O. The minimum atomic E-state index is 0.631. The third-order valence-electron chi connectivity index (χ3n) is 3.20. The summed E-state index contributed by atoms with van der Waals surface area (Å²) in [6.07, 6.45) is 3.62. The van der Waals surface area contributed by atoms with E-state index in [0.717, 1.165) is 29.3 Å². The fourth-order valence-corrected chi connectivity index (χ4v) is 2.24. The van der Waals surface area contributed by atoms with Gasteiger partial charge in [0.05, 0.1) is 0 Å². The van der Waals surface area contributed by atoms with Crippen LogP contribution < -0.4 is 5.73 Å². The van der Waals surface area contributed by atoms with Gasteiger partial charge >= 0.3 is 0 Å². The van der Waals surface area contributed by atoms with E-state index < -0.39 is 0 Å². The predicted octanol–water partition coefficient (Wildman–Crippen LogP) is 2.12. The second kappa shape index (κ2) is 4.85. The van der Waals surface area contributed by atoms with Crippen molar-refractivity contribution in [3.8, 4) is 11.4 Å². The van der Waals surface area contributed by atoms with Crippen molar-refractivity contribution in [3.05, 3.63) is 36.4 Å². The zero-order valence-corrected chi connectivity index (χ0v) is 10.8. The van der Waals surface area contributed by atoms with Crippen LogP contribution in [0.15, 0.2) is 35.0 Å². The molecule has 0 bridgehead atoms. The first-order valence-electron chi connectivity index (χ1n) is 6.36. The van der Waals surface area contributed by atoms with Crippen LogP contribution >= 0.6 is 0 Å². The smallest absolute Gasteiger partial charge is 0.227 e. The molecule has 2 aromatic heterocycles. The highest BCUT2D eigenvalue weighted by Crippen LogP contribution is 2.28. The molecule has 1 aromatic carbocycles. The van der Waals surface area contributed by atoms with Crippen LogP contribution in [-0.4, -0.2) is 21.3 Å². The van der Waals surface area contributed by atoms with E-state index in [1.54, 1.807) is 0 Å². The zero-order chi connectivity index (χ0) is 13.2. The number of nitrogens with zero attached hydrogens (tertiary/aromatic N) is 3. The Morgan fingerprint density at radius 3 is 3.00 bits per heavy atom. The number of aromatic nitrogens is 3. The van der Waals surface area contributed by atoms with Gasteiger partial charge < -0.3 is 14.8 Å². The monoisotopic (exact) mass is 256 g/mol. The van der Waals surface area contributed by atoms with Crippen LogP contribution in [0.3, 0.4) is 0 Å². The molecule has 98 valence electrons. The molecule has 2 N–H and O–H groups in total. The largest absolute Gasteiger partial charge is 0.350 e. The van der Waals surface area contributed by atoms with Gasteiger partial charge in [-0.15, -0.1) is 0 Å². The van der Waals surface area contributed by atoms with Crippen LogP contribution in [0.2, 0.25) is 0 Å². The van der Waals surface area contributed by atoms with Crippen molar-refractivity contribution < 1.29 is 4.52 Å². The lowest BCUT2D eigenvalue weighted by atomic mass is 10.2. The molecule has 0 saturated carbocycles. The molecule has 0 fully saturated rings. The molecule has 0 unspecified atom stereocenters. The Morgan fingerprint density at radius 2 is 2.16 bits per heavy atom. The topological polar surface area (TPSA) is 69.9 Å². The summed E-state index contributed by atoms with van der Waals surface area (Å²) in [5.74, 6) is 1.29. The van der Waals surface area contributed by atoms with Gasteiger partial charge in [0.1, 0.15) is 0 Å². The van der Waals surface area contributed by atoms with Crippen LogP contribution in [0.25, 0.3) is 22.3 Å². The van der Waals surface area contributed by atoms with Crippen molar-refractivity contribution in [2.75, 3.05) is 6.54 Å². The number of para-hydroxylation sites is 1. The third kappa shape index (κ3) is 2.13. The normalized spacial score (nSPS) is 11.3. The minimum absolute atomic E-state index is 0.631. The molecule has 0 aliphatic heterocycles. The van der Waals surface area contributed by atoms with E-state index in [4.69, 9.17) is 10.3 Å². The Kier molecular flexibility index (Phi) is 3.05. The van der Waals surface area contributed by atoms with Crippen molar-refractivity contribution in [1.29, 1.82) is 0 Å². The molecule has 0 spiro atoms. The average molecular weight is 256 g/mol. The number of hydrogen-bond donors (Lipinski definition) is 1. The van der Waals surface area contributed by atoms with Gasteiger partial charge in [-0.25, -0.2) is 0 Å². The van der Waals surface area contributed by atoms with Crippen molar-refractivity contribution >= 4 is 10.9 Å². The number of benzene rings is 1. The highest BCUT2D eigenvalue weighted by atomic mass is 16.5. The lowest BCUT2D eigenvalue weighted by molar-refractivity contribution is 0.376. The molecule has 0 amide bonds. The Hall–Kier alpha value is -2.14. The van der Waals surface area contributed by atoms with E-state index in [9.17, 15) is 0 Å². The lowest BCUT2D eigenvalue weighted by Gasteiger charge is -1.93. The summed E-state index contributed by atoms with van der Waals surface area (Å²) in [6, 6.07) is 8.19. The summed E-state index contributed by atoms with van der Waals surface area (Å²) in [7, 11) is 2.02. The second-order valence-corrected chi connectivity index (χ2v) is 4.57. The fraction of sp³-hybridized carbons (Fsp3) is 0.286. The first kappa shape index (κ1) is 11.9. The summed E-state index contributed by atoms with van der Waals surface area (Å²) in [6.45, 7) is 0.631. The van der Waals surface area contributed by atoms with E-state index in [2.05, 4.69) is 26.8 Å². The first-order valence-corrected chi connectivity index (χ1v) is 6.36. The van der Waals surface area contributed by atoms with Crippen LogP contribution in [-0.2, 0) is 13.5 Å². The molecule has 3 rings (SSSR count). The van der Waals surface area contributed by atoms with Gasteiger partial charge in [-0.1, -0.05) is 23.4 Å². The number of rotatable bonds is 4. The van der Waals surface area contributed by atoms with E-state index in [1.807, 2.05) is 25.4 Å². The SMILES string of the molecule is Cn1cc(-c2noc(CCCN)n2)c2ccccc21. The molecule has 19 heavy (non-hydrogen) atoms. The second-order valence-electron chi connectivity index (χ2n) is 4.57. The van der Waals surface area contributed by atoms with E-state index >= 15 is 0 Å². The van der Waals surface area contributed by atoms with Gasteiger partial charge in [0, 0.05) is 36.1 Å². The van der Waals surface area contributed by atoms with Gasteiger partial charge in [0.2, 0.25) is 11.7 Å². The summed E-state index contributed by atoms with van der Waals surface area (Å²) < 4.78 is 7.32. The van der Waals surface area contributed by atoms with Crippen molar-refractivity contribution in [3.63, 3.8) is 0 Å². The van der Waals surface area contributed by atoms with Gasteiger partial charge in [-0.05, 0) is 19.0 Å². The molecule has 0 atom stereocenters. The van der Waals surface area contributed by atoms with Gasteiger partial charge in [-0.3, -0.25) is 0 Å². The van der Waals surface area contributed by atoms with Gasteiger partial charge in [0.25, 0.3) is 0 Å². The first-order chi connectivity index (χ1) is 9.29. The van der Waals surface area contributed by atoms with E-state index in [-0.39, 0.29) is 0 Å². The number of nitrogens with two attached hydrogens (primary N) is 1. The molecule has 0 aliphatic carbocycles. The molecule has 5 heteroatoms. The Labute approximate surface area is 111 Å². The average Bonchev–Trinajstić information content (AvgIpc) is 3.02. The van der Waals surface area contributed by atoms with Crippen molar-refractivity contribution in [1.82, 2.24) is 14.7 Å². The number of aryl methyl sites for hydroxylation is 2. The Bertz CT molecular complexity index is 698. The molecule has 0 saturated heterocycles. The summed E-state index contributed by atoms with van der Waals surface area (Å²) in [4.78, 5) is 4.43. The molecule has 2 heterocycles. The maximum Gasteiger partial charge on any atom is 0.227 e. The van der Waals surface area contributed by atoms with Crippen molar-refractivity contribution in [2.24, 2.45) is 12.8 Å². The molecule has 0 radical (unpaired) electrons. The predicted molar refractivity (Wildman–Crippen MR) is 73.6 cm³/mol. The third-order valence-corrected chi connectivity index (χ3v) is 3.20. The van der Waals surface area contributed by atoms with Crippen LogP contribution in [0, 0.1) is 0 Å².